The summed E-state index contributed by atoms with van der Waals surface area (Å²) in [6.07, 6.45) is 1.56. The van der Waals surface area contributed by atoms with E-state index in [9.17, 15) is 5.11 Å². The van der Waals surface area contributed by atoms with Crippen LogP contribution in [0.2, 0.25) is 0 Å². The van der Waals surface area contributed by atoms with E-state index in [0.29, 0.717) is 11.8 Å². The number of benzene rings is 1. The van der Waals surface area contributed by atoms with Crippen molar-refractivity contribution in [1.82, 2.24) is 5.32 Å². The highest BCUT2D eigenvalue weighted by molar-refractivity contribution is 9.10. The lowest BCUT2D eigenvalue weighted by Gasteiger charge is -2.32. The second-order valence-corrected chi connectivity index (χ2v) is 5.37. The van der Waals surface area contributed by atoms with Gasteiger partial charge in [0, 0.05) is 12.6 Å². The summed E-state index contributed by atoms with van der Waals surface area (Å²) in [5.41, 5.74) is 1.13. The van der Waals surface area contributed by atoms with E-state index < -0.39 is 0 Å². The van der Waals surface area contributed by atoms with Crippen LogP contribution in [-0.4, -0.2) is 31.5 Å². The molecule has 0 aliphatic heterocycles. The number of ether oxygens (including phenoxy) is 2. The second kappa shape index (κ2) is 5.91. The third-order valence-electron chi connectivity index (χ3n) is 3.20. The van der Waals surface area contributed by atoms with Crippen LogP contribution >= 0.6 is 15.9 Å². The lowest BCUT2D eigenvalue weighted by Crippen LogP contribution is -2.43. The average Bonchev–Trinajstić information content (AvgIpc) is 2.32. The molecular weight excluding hydrogens is 298 g/mol. The van der Waals surface area contributed by atoms with Crippen LogP contribution in [0.15, 0.2) is 16.6 Å². The van der Waals surface area contributed by atoms with Gasteiger partial charge in [0.25, 0.3) is 0 Å². The highest BCUT2D eigenvalue weighted by Crippen LogP contribution is 2.36. The van der Waals surface area contributed by atoms with Crippen LogP contribution in [0.3, 0.4) is 0 Å². The number of rotatable bonds is 5. The Morgan fingerprint density at radius 2 is 2.06 bits per heavy atom. The van der Waals surface area contributed by atoms with Gasteiger partial charge in [-0.2, -0.15) is 0 Å². The minimum absolute atomic E-state index is 0.125. The van der Waals surface area contributed by atoms with Gasteiger partial charge in [0.15, 0.2) is 11.5 Å². The molecule has 100 valence electrons. The summed E-state index contributed by atoms with van der Waals surface area (Å²) in [7, 11) is 3.25. The number of halogens is 1. The molecule has 0 radical (unpaired) electrons. The van der Waals surface area contributed by atoms with Crippen molar-refractivity contribution in [1.29, 1.82) is 0 Å². The summed E-state index contributed by atoms with van der Waals surface area (Å²) in [6, 6.07) is 4.40. The van der Waals surface area contributed by atoms with Gasteiger partial charge in [-0.25, -0.2) is 0 Å². The van der Waals surface area contributed by atoms with E-state index >= 15 is 0 Å². The van der Waals surface area contributed by atoms with Gasteiger partial charge >= 0.3 is 0 Å². The fourth-order valence-electron chi connectivity index (χ4n) is 2.09. The zero-order chi connectivity index (χ0) is 13.1. The maximum Gasteiger partial charge on any atom is 0.174 e. The molecule has 0 unspecified atom stereocenters. The van der Waals surface area contributed by atoms with Gasteiger partial charge in [0.05, 0.1) is 24.8 Å². The highest BCUT2D eigenvalue weighted by Gasteiger charge is 2.26. The molecule has 1 fully saturated rings. The highest BCUT2D eigenvalue weighted by atomic mass is 79.9. The molecule has 0 spiro atoms. The van der Waals surface area contributed by atoms with E-state index in [1.54, 1.807) is 14.2 Å². The monoisotopic (exact) mass is 315 g/mol. The number of methoxy groups -OCH3 is 2. The van der Waals surface area contributed by atoms with E-state index in [2.05, 4.69) is 21.2 Å². The predicted molar refractivity (Wildman–Crippen MR) is 73.1 cm³/mol. The molecule has 1 aliphatic rings. The maximum absolute atomic E-state index is 9.23. The Labute approximate surface area is 115 Å². The molecule has 0 bridgehead atoms. The number of aliphatic hydroxyl groups excluding tert-OH is 1. The van der Waals surface area contributed by atoms with Crippen LogP contribution in [0, 0.1) is 0 Å². The lowest BCUT2D eigenvalue weighted by atomic mass is 9.89. The number of aliphatic hydroxyl groups is 1. The first-order valence-corrected chi connectivity index (χ1v) is 6.75. The molecule has 2 rings (SSSR count). The standard InChI is InChI=1S/C13H18BrNO3/c1-17-12-4-8(3-11(14)13(12)18-2)7-15-9-5-10(16)6-9/h3-4,9-10,15-16H,5-7H2,1-2H3. The third-order valence-corrected chi connectivity index (χ3v) is 3.79. The second-order valence-electron chi connectivity index (χ2n) is 4.52. The Kier molecular flexibility index (Phi) is 4.48. The molecule has 2 N–H and O–H groups in total. The molecular formula is C13H18BrNO3. The van der Waals surface area contributed by atoms with E-state index in [1.807, 2.05) is 12.1 Å². The molecule has 18 heavy (non-hydrogen) atoms. The molecule has 1 aliphatic carbocycles. The Balaban J connectivity index is 2.02. The summed E-state index contributed by atoms with van der Waals surface area (Å²) in [5.74, 6) is 1.43. The fraction of sp³-hybridized carbons (Fsp3) is 0.538. The summed E-state index contributed by atoms with van der Waals surface area (Å²) < 4.78 is 11.5. The molecule has 1 aromatic carbocycles. The van der Waals surface area contributed by atoms with E-state index in [1.165, 1.54) is 0 Å². The summed E-state index contributed by atoms with van der Waals surface area (Å²) in [5, 5.41) is 12.6. The van der Waals surface area contributed by atoms with Crippen molar-refractivity contribution in [3.05, 3.63) is 22.2 Å². The van der Waals surface area contributed by atoms with Crippen molar-refractivity contribution in [3.63, 3.8) is 0 Å². The van der Waals surface area contributed by atoms with Gasteiger partial charge in [-0.3, -0.25) is 0 Å². The number of nitrogens with one attached hydrogen (secondary N) is 1. The van der Waals surface area contributed by atoms with Gasteiger partial charge < -0.3 is 19.9 Å². The molecule has 0 atom stereocenters. The zero-order valence-corrected chi connectivity index (χ0v) is 12.2. The minimum atomic E-state index is -0.125. The Morgan fingerprint density at radius 3 is 2.61 bits per heavy atom. The molecule has 1 aromatic rings. The van der Waals surface area contributed by atoms with Crippen molar-refractivity contribution >= 4 is 15.9 Å². The zero-order valence-electron chi connectivity index (χ0n) is 10.6. The Bertz CT molecular complexity index is 419. The molecule has 4 nitrogen and oxygen atoms in total. The number of hydrogen-bond donors (Lipinski definition) is 2. The van der Waals surface area contributed by atoms with E-state index in [-0.39, 0.29) is 6.10 Å². The average molecular weight is 316 g/mol. The maximum atomic E-state index is 9.23. The van der Waals surface area contributed by atoms with Gasteiger partial charge in [0.1, 0.15) is 0 Å². The Hall–Kier alpha value is -0.780. The predicted octanol–water partition coefficient (Wildman–Crippen LogP) is 2.08. The molecule has 5 heteroatoms. The van der Waals surface area contributed by atoms with Crippen molar-refractivity contribution < 1.29 is 14.6 Å². The minimum Gasteiger partial charge on any atom is -0.493 e. The van der Waals surface area contributed by atoms with Gasteiger partial charge in [-0.05, 0) is 46.5 Å². The first-order chi connectivity index (χ1) is 8.63. The van der Waals surface area contributed by atoms with Crippen LogP contribution in [0.1, 0.15) is 18.4 Å². The first kappa shape index (κ1) is 13.6. The van der Waals surface area contributed by atoms with E-state index in [0.717, 1.165) is 35.2 Å². The van der Waals surface area contributed by atoms with Crippen LogP contribution in [0.4, 0.5) is 0 Å². The lowest BCUT2D eigenvalue weighted by molar-refractivity contribution is 0.0619. The summed E-state index contributed by atoms with van der Waals surface area (Å²) in [6.45, 7) is 0.760. The van der Waals surface area contributed by atoms with Crippen molar-refractivity contribution in [2.24, 2.45) is 0 Å². The topological polar surface area (TPSA) is 50.7 Å². The third kappa shape index (κ3) is 2.96. The van der Waals surface area contributed by atoms with Crippen LogP contribution in [0.25, 0.3) is 0 Å². The van der Waals surface area contributed by atoms with E-state index in [4.69, 9.17) is 9.47 Å². The molecule has 1 saturated carbocycles. The van der Waals surface area contributed by atoms with Crippen LogP contribution < -0.4 is 14.8 Å². The van der Waals surface area contributed by atoms with Crippen molar-refractivity contribution in [2.45, 2.75) is 31.5 Å². The summed E-state index contributed by atoms with van der Waals surface area (Å²) >= 11 is 3.47. The van der Waals surface area contributed by atoms with Gasteiger partial charge in [-0.1, -0.05) is 0 Å². The number of hydrogen-bond acceptors (Lipinski definition) is 4. The van der Waals surface area contributed by atoms with Gasteiger partial charge in [-0.15, -0.1) is 0 Å². The van der Waals surface area contributed by atoms with Crippen LogP contribution in [0.5, 0.6) is 11.5 Å². The molecule has 0 heterocycles. The SMILES string of the molecule is COc1cc(CNC2CC(O)C2)cc(Br)c1OC. The molecule has 0 aromatic heterocycles. The summed E-state index contributed by atoms with van der Waals surface area (Å²) in [4.78, 5) is 0. The fourth-order valence-corrected chi connectivity index (χ4v) is 2.74. The molecule has 0 saturated heterocycles. The van der Waals surface area contributed by atoms with Crippen molar-refractivity contribution in [3.8, 4) is 11.5 Å². The van der Waals surface area contributed by atoms with Crippen LogP contribution in [-0.2, 0) is 6.54 Å². The first-order valence-electron chi connectivity index (χ1n) is 5.96. The smallest absolute Gasteiger partial charge is 0.174 e. The van der Waals surface area contributed by atoms with Gasteiger partial charge in [0.2, 0.25) is 0 Å². The largest absolute Gasteiger partial charge is 0.493 e. The molecule has 0 amide bonds. The van der Waals surface area contributed by atoms with Crippen molar-refractivity contribution in [2.75, 3.05) is 14.2 Å². The Morgan fingerprint density at radius 1 is 1.33 bits per heavy atom. The quantitative estimate of drug-likeness (QED) is 0.873. The normalized spacial score (nSPS) is 22.4.